The number of aliphatic hydroxyl groups is 1. The van der Waals surface area contributed by atoms with Crippen molar-refractivity contribution in [1.82, 2.24) is 4.90 Å². The smallest absolute Gasteiger partial charge is 0.251 e. The number of rotatable bonds is 5. The second-order valence-electron chi connectivity index (χ2n) is 3.23. The van der Waals surface area contributed by atoms with Gasteiger partial charge in [-0.15, -0.1) is 0 Å². The van der Waals surface area contributed by atoms with E-state index in [4.69, 9.17) is 9.84 Å². The summed E-state index contributed by atoms with van der Waals surface area (Å²) in [7, 11) is 1.50. The maximum absolute atomic E-state index is 11.6. The third-order valence-electron chi connectivity index (χ3n) is 1.95. The van der Waals surface area contributed by atoms with E-state index in [1.807, 2.05) is 13.8 Å². The van der Waals surface area contributed by atoms with Crippen molar-refractivity contribution in [2.24, 2.45) is 0 Å². The van der Waals surface area contributed by atoms with Crippen molar-refractivity contribution >= 4 is 5.91 Å². The molecule has 0 aromatic carbocycles. The number of hydrogen-bond acceptors (Lipinski definition) is 3. The molecule has 0 heterocycles. The van der Waals surface area contributed by atoms with Crippen LogP contribution in [0.1, 0.15) is 20.8 Å². The SMILES string of the molecule is COC(C)C(=O)N(CCO)C(C)C. The zero-order valence-corrected chi connectivity index (χ0v) is 8.78. The van der Waals surface area contributed by atoms with Crippen molar-refractivity contribution in [2.45, 2.75) is 32.9 Å². The van der Waals surface area contributed by atoms with Crippen LogP contribution in [0.4, 0.5) is 0 Å². The molecule has 1 N–H and O–H groups in total. The molecule has 0 fully saturated rings. The number of aliphatic hydroxyl groups excluding tert-OH is 1. The summed E-state index contributed by atoms with van der Waals surface area (Å²) in [4.78, 5) is 13.2. The molecule has 0 spiro atoms. The number of hydrogen-bond donors (Lipinski definition) is 1. The van der Waals surface area contributed by atoms with Gasteiger partial charge in [0.15, 0.2) is 0 Å². The van der Waals surface area contributed by atoms with Crippen molar-refractivity contribution in [3.05, 3.63) is 0 Å². The Morgan fingerprint density at radius 3 is 2.31 bits per heavy atom. The van der Waals surface area contributed by atoms with E-state index >= 15 is 0 Å². The second kappa shape index (κ2) is 5.94. The highest BCUT2D eigenvalue weighted by Crippen LogP contribution is 2.03. The van der Waals surface area contributed by atoms with Crippen LogP contribution in [0.15, 0.2) is 0 Å². The van der Waals surface area contributed by atoms with Crippen LogP contribution in [-0.4, -0.2) is 48.3 Å². The van der Waals surface area contributed by atoms with Gasteiger partial charge in [-0.1, -0.05) is 0 Å². The summed E-state index contributed by atoms with van der Waals surface area (Å²) in [5, 5.41) is 8.75. The van der Waals surface area contributed by atoms with Crippen molar-refractivity contribution in [3.63, 3.8) is 0 Å². The first-order valence-electron chi connectivity index (χ1n) is 4.48. The molecule has 0 saturated heterocycles. The van der Waals surface area contributed by atoms with Crippen LogP contribution in [-0.2, 0) is 9.53 Å². The van der Waals surface area contributed by atoms with Crippen LogP contribution in [0, 0.1) is 0 Å². The Labute approximate surface area is 79.5 Å². The van der Waals surface area contributed by atoms with Gasteiger partial charge in [0.2, 0.25) is 0 Å². The van der Waals surface area contributed by atoms with Gasteiger partial charge in [-0.2, -0.15) is 0 Å². The molecule has 0 bridgehead atoms. The molecule has 0 radical (unpaired) electrons. The maximum atomic E-state index is 11.6. The number of carbonyl (C=O) groups is 1. The number of amides is 1. The van der Waals surface area contributed by atoms with E-state index in [0.29, 0.717) is 6.54 Å². The van der Waals surface area contributed by atoms with Crippen LogP contribution in [0.5, 0.6) is 0 Å². The van der Waals surface area contributed by atoms with Crippen molar-refractivity contribution < 1.29 is 14.6 Å². The summed E-state index contributed by atoms with van der Waals surface area (Å²) >= 11 is 0. The molecule has 0 aromatic rings. The molecule has 78 valence electrons. The maximum Gasteiger partial charge on any atom is 0.251 e. The van der Waals surface area contributed by atoms with E-state index in [2.05, 4.69) is 0 Å². The molecular formula is C9H19NO3. The molecule has 0 aliphatic heterocycles. The topological polar surface area (TPSA) is 49.8 Å². The Morgan fingerprint density at radius 1 is 1.46 bits per heavy atom. The lowest BCUT2D eigenvalue weighted by Gasteiger charge is -2.28. The third kappa shape index (κ3) is 3.74. The number of carbonyl (C=O) groups excluding carboxylic acids is 1. The normalized spacial score (nSPS) is 13.1. The predicted octanol–water partition coefficient (Wildman–Crippen LogP) is 0.251. The highest BCUT2D eigenvalue weighted by Gasteiger charge is 2.21. The molecular weight excluding hydrogens is 170 g/mol. The fourth-order valence-corrected chi connectivity index (χ4v) is 1.06. The van der Waals surface area contributed by atoms with E-state index < -0.39 is 6.10 Å². The lowest BCUT2D eigenvalue weighted by atomic mass is 10.2. The minimum absolute atomic E-state index is 0.0135. The predicted molar refractivity (Wildman–Crippen MR) is 50.4 cm³/mol. The van der Waals surface area contributed by atoms with Crippen LogP contribution in [0.3, 0.4) is 0 Å². The summed E-state index contributed by atoms with van der Waals surface area (Å²) in [6, 6.07) is 0.0947. The second-order valence-corrected chi connectivity index (χ2v) is 3.23. The first kappa shape index (κ1) is 12.4. The van der Waals surface area contributed by atoms with Crippen LogP contribution in [0.2, 0.25) is 0 Å². The zero-order valence-electron chi connectivity index (χ0n) is 8.78. The Hall–Kier alpha value is -0.610. The molecule has 0 aromatic heterocycles. The highest BCUT2D eigenvalue weighted by atomic mass is 16.5. The van der Waals surface area contributed by atoms with Gasteiger partial charge in [0.25, 0.3) is 5.91 Å². The van der Waals surface area contributed by atoms with E-state index in [1.165, 1.54) is 7.11 Å². The summed E-state index contributed by atoms with van der Waals surface area (Å²) in [6.45, 7) is 5.88. The molecule has 13 heavy (non-hydrogen) atoms. The molecule has 0 aliphatic rings. The minimum Gasteiger partial charge on any atom is -0.395 e. The summed E-state index contributed by atoms with van der Waals surface area (Å²) < 4.78 is 4.92. The Bertz CT molecular complexity index is 159. The largest absolute Gasteiger partial charge is 0.395 e. The number of ether oxygens (including phenoxy) is 1. The zero-order chi connectivity index (χ0) is 10.4. The Morgan fingerprint density at radius 2 is 2.00 bits per heavy atom. The first-order chi connectivity index (χ1) is 6.04. The summed E-state index contributed by atoms with van der Waals surface area (Å²) in [5.41, 5.74) is 0. The van der Waals surface area contributed by atoms with Gasteiger partial charge in [-0.3, -0.25) is 4.79 Å². The van der Waals surface area contributed by atoms with E-state index in [-0.39, 0.29) is 18.6 Å². The minimum atomic E-state index is -0.436. The number of nitrogens with zero attached hydrogens (tertiary/aromatic N) is 1. The standard InChI is InChI=1S/C9H19NO3/c1-7(2)10(5-6-11)9(12)8(3)13-4/h7-8,11H,5-6H2,1-4H3. The van der Waals surface area contributed by atoms with Crippen molar-refractivity contribution in [1.29, 1.82) is 0 Å². The van der Waals surface area contributed by atoms with E-state index in [1.54, 1.807) is 11.8 Å². The van der Waals surface area contributed by atoms with Crippen LogP contribution in [0.25, 0.3) is 0 Å². The molecule has 0 rings (SSSR count). The van der Waals surface area contributed by atoms with Gasteiger partial charge < -0.3 is 14.7 Å². The van der Waals surface area contributed by atoms with Gasteiger partial charge in [-0.05, 0) is 20.8 Å². The average molecular weight is 189 g/mol. The van der Waals surface area contributed by atoms with Crippen LogP contribution < -0.4 is 0 Å². The molecule has 1 amide bonds. The van der Waals surface area contributed by atoms with Gasteiger partial charge in [0.1, 0.15) is 6.10 Å². The van der Waals surface area contributed by atoms with E-state index in [0.717, 1.165) is 0 Å². The fraction of sp³-hybridized carbons (Fsp3) is 0.889. The third-order valence-corrected chi connectivity index (χ3v) is 1.95. The van der Waals surface area contributed by atoms with Gasteiger partial charge in [-0.25, -0.2) is 0 Å². The molecule has 1 unspecified atom stereocenters. The van der Waals surface area contributed by atoms with Gasteiger partial charge in [0.05, 0.1) is 6.61 Å². The van der Waals surface area contributed by atoms with Crippen molar-refractivity contribution in [2.75, 3.05) is 20.3 Å². The lowest BCUT2D eigenvalue weighted by Crippen LogP contribution is -2.44. The quantitative estimate of drug-likeness (QED) is 0.674. The number of methoxy groups -OCH3 is 1. The van der Waals surface area contributed by atoms with Crippen molar-refractivity contribution in [3.8, 4) is 0 Å². The van der Waals surface area contributed by atoms with Gasteiger partial charge in [0, 0.05) is 19.7 Å². The van der Waals surface area contributed by atoms with Crippen LogP contribution >= 0.6 is 0 Å². The summed E-state index contributed by atoms with van der Waals surface area (Å²) in [5.74, 6) is -0.0773. The Balaban J connectivity index is 4.27. The summed E-state index contributed by atoms with van der Waals surface area (Å²) in [6.07, 6.45) is -0.436. The fourth-order valence-electron chi connectivity index (χ4n) is 1.06. The first-order valence-corrected chi connectivity index (χ1v) is 4.48. The van der Waals surface area contributed by atoms with Gasteiger partial charge >= 0.3 is 0 Å². The molecule has 4 heteroatoms. The monoisotopic (exact) mass is 189 g/mol. The van der Waals surface area contributed by atoms with E-state index in [9.17, 15) is 4.79 Å². The Kier molecular flexibility index (Phi) is 5.66. The molecule has 4 nitrogen and oxygen atoms in total. The molecule has 0 aliphatic carbocycles. The molecule has 0 saturated carbocycles. The highest BCUT2D eigenvalue weighted by molar-refractivity contribution is 5.80. The average Bonchev–Trinajstić information content (AvgIpc) is 2.11. The molecule has 1 atom stereocenters. The lowest BCUT2D eigenvalue weighted by molar-refractivity contribution is -0.143.